The van der Waals surface area contributed by atoms with Crippen molar-refractivity contribution < 1.29 is 0 Å². The summed E-state index contributed by atoms with van der Waals surface area (Å²) in [4.78, 5) is 6.82. The quantitative estimate of drug-likeness (QED) is 0.760. The summed E-state index contributed by atoms with van der Waals surface area (Å²) < 4.78 is 0. The Morgan fingerprint density at radius 1 is 1.41 bits per heavy atom. The smallest absolute Gasteiger partial charge is 0.128 e. The standard InChI is InChI=1S/C14H21ClN2/c1-11-4-3-5-13(8-11)17(2)14-7-6-12(9-15)10-16-14/h6-7,10-11,13H,3-5,8-9H2,1-2H3. The lowest BCUT2D eigenvalue weighted by atomic mass is 9.86. The molecule has 1 aliphatic rings. The van der Waals surface area contributed by atoms with Crippen molar-refractivity contribution in [2.75, 3.05) is 11.9 Å². The van der Waals surface area contributed by atoms with Crippen LogP contribution in [0.15, 0.2) is 18.3 Å². The molecule has 2 atom stereocenters. The number of anilines is 1. The van der Waals surface area contributed by atoms with Gasteiger partial charge >= 0.3 is 0 Å². The lowest BCUT2D eigenvalue weighted by Crippen LogP contribution is -2.36. The van der Waals surface area contributed by atoms with E-state index < -0.39 is 0 Å². The molecule has 2 rings (SSSR count). The summed E-state index contributed by atoms with van der Waals surface area (Å²) in [6, 6.07) is 4.79. The van der Waals surface area contributed by atoms with Crippen LogP contribution in [0.2, 0.25) is 0 Å². The Morgan fingerprint density at radius 3 is 2.82 bits per heavy atom. The first-order valence-electron chi connectivity index (χ1n) is 6.44. The van der Waals surface area contributed by atoms with E-state index in [1.54, 1.807) is 0 Å². The Morgan fingerprint density at radius 2 is 2.24 bits per heavy atom. The van der Waals surface area contributed by atoms with Crippen molar-refractivity contribution in [1.29, 1.82) is 0 Å². The van der Waals surface area contributed by atoms with Gasteiger partial charge in [-0.05, 0) is 30.4 Å². The second-order valence-electron chi connectivity index (χ2n) is 5.19. The molecular weight excluding hydrogens is 232 g/mol. The molecule has 2 nitrogen and oxygen atoms in total. The highest BCUT2D eigenvalue weighted by molar-refractivity contribution is 6.17. The van der Waals surface area contributed by atoms with Gasteiger partial charge in [0.05, 0.1) is 0 Å². The van der Waals surface area contributed by atoms with Crippen molar-refractivity contribution in [2.24, 2.45) is 5.92 Å². The van der Waals surface area contributed by atoms with Crippen LogP contribution in [0.5, 0.6) is 0 Å². The minimum Gasteiger partial charge on any atom is -0.357 e. The average Bonchev–Trinajstić information content (AvgIpc) is 2.38. The first-order valence-corrected chi connectivity index (χ1v) is 6.98. The van der Waals surface area contributed by atoms with Crippen LogP contribution in [0.4, 0.5) is 5.82 Å². The molecule has 1 aliphatic carbocycles. The number of alkyl halides is 1. The van der Waals surface area contributed by atoms with Crippen LogP contribution >= 0.6 is 11.6 Å². The van der Waals surface area contributed by atoms with Crippen LogP contribution < -0.4 is 4.90 Å². The van der Waals surface area contributed by atoms with Gasteiger partial charge in [0.1, 0.15) is 5.82 Å². The maximum Gasteiger partial charge on any atom is 0.128 e. The second kappa shape index (κ2) is 5.72. The van der Waals surface area contributed by atoms with Crippen LogP contribution in [0.3, 0.4) is 0 Å². The van der Waals surface area contributed by atoms with Gasteiger partial charge in [-0.15, -0.1) is 11.6 Å². The monoisotopic (exact) mass is 252 g/mol. The molecule has 1 fully saturated rings. The zero-order chi connectivity index (χ0) is 12.3. The Bertz CT molecular complexity index is 350. The number of pyridine rings is 1. The largest absolute Gasteiger partial charge is 0.357 e. The highest BCUT2D eigenvalue weighted by Gasteiger charge is 2.22. The summed E-state index contributed by atoms with van der Waals surface area (Å²) in [5.41, 5.74) is 1.08. The molecule has 1 aromatic rings. The highest BCUT2D eigenvalue weighted by Crippen LogP contribution is 2.28. The fourth-order valence-corrected chi connectivity index (χ4v) is 2.80. The molecule has 0 bridgehead atoms. The average molecular weight is 253 g/mol. The normalized spacial score (nSPS) is 24.6. The maximum atomic E-state index is 5.77. The molecule has 3 heteroatoms. The summed E-state index contributed by atoms with van der Waals surface area (Å²) in [6.07, 6.45) is 7.18. The summed E-state index contributed by atoms with van der Waals surface area (Å²) in [5, 5.41) is 0. The van der Waals surface area contributed by atoms with Gasteiger partial charge in [-0.3, -0.25) is 0 Å². The minimum absolute atomic E-state index is 0.539. The predicted octanol–water partition coefficient (Wildman–Crippen LogP) is 3.84. The molecule has 0 saturated heterocycles. The number of hydrogen-bond donors (Lipinski definition) is 0. The number of rotatable bonds is 3. The van der Waals surface area contributed by atoms with Crippen LogP contribution in [-0.2, 0) is 5.88 Å². The number of aromatic nitrogens is 1. The van der Waals surface area contributed by atoms with E-state index in [9.17, 15) is 0 Å². The lowest BCUT2D eigenvalue weighted by molar-refractivity contribution is 0.335. The molecule has 1 saturated carbocycles. The Hall–Kier alpha value is -0.760. The number of nitrogens with zero attached hydrogens (tertiary/aromatic N) is 2. The van der Waals surface area contributed by atoms with Crippen LogP contribution in [0.1, 0.15) is 38.2 Å². The van der Waals surface area contributed by atoms with Crippen molar-refractivity contribution in [1.82, 2.24) is 4.98 Å². The van der Waals surface area contributed by atoms with Crippen molar-refractivity contribution >= 4 is 17.4 Å². The van der Waals surface area contributed by atoms with E-state index in [1.807, 2.05) is 6.20 Å². The third-order valence-electron chi connectivity index (χ3n) is 3.78. The summed E-state index contributed by atoms with van der Waals surface area (Å²) in [5.74, 6) is 2.45. The molecule has 1 heterocycles. The van der Waals surface area contributed by atoms with Gasteiger partial charge in [0.25, 0.3) is 0 Å². The molecule has 0 spiro atoms. The van der Waals surface area contributed by atoms with Crippen LogP contribution in [-0.4, -0.2) is 18.1 Å². The molecule has 17 heavy (non-hydrogen) atoms. The first-order chi connectivity index (χ1) is 8.20. The van der Waals surface area contributed by atoms with E-state index in [2.05, 4.69) is 36.0 Å². The third kappa shape index (κ3) is 3.12. The zero-order valence-electron chi connectivity index (χ0n) is 10.7. The molecular formula is C14H21ClN2. The summed E-state index contributed by atoms with van der Waals surface area (Å²) >= 11 is 5.77. The highest BCUT2D eigenvalue weighted by atomic mass is 35.5. The third-order valence-corrected chi connectivity index (χ3v) is 4.09. The molecule has 2 unspecified atom stereocenters. The van der Waals surface area contributed by atoms with E-state index in [0.29, 0.717) is 11.9 Å². The molecule has 0 amide bonds. The van der Waals surface area contributed by atoms with Gasteiger partial charge < -0.3 is 4.90 Å². The van der Waals surface area contributed by atoms with Crippen LogP contribution in [0, 0.1) is 5.92 Å². The molecule has 0 radical (unpaired) electrons. The van der Waals surface area contributed by atoms with E-state index >= 15 is 0 Å². The van der Waals surface area contributed by atoms with Crippen molar-refractivity contribution in [2.45, 2.75) is 44.5 Å². The zero-order valence-corrected chi connectivity index (χ0v) is 11.5. The minimum atomic E-state index is 0.539. The lowest BCUT2D eigenvalue weighted by Gasteiger charge is -2.34. The molecule has 1 aromatic heterocycles. The van der Waals surface area contributed by atoms with Gasteiger partial charge in [-0.2, -0.15) is 0 Å². The fourth-order valence-electron chi connectivity index (χ4n) is 2.65. The predicted molar refractivity (Wildman–Crippen MR) is 73.6 cm³/mol. The summed E-state index contributed by atoms with van der Waals surface area (Å²) in [7, 11) is 2.16. The molecule has 0 aliphatic heterocycles. The summed E-state index contributed by atoms with van der Waals surface area (Å²) in [6.45, 7) is 2.35. The Kier molecular flexibility index (Phi) is 4.27. The SMILES string of the molecule is CC1CCCC(N(C)c2ccc(CCl)cn2)C1. The number of hydrogen-bond acceptors (Lipinski definition) is 2. The van der Waals surface area contributed by atoms with E-state index in [1.165, 1.54) is 25.7 Å². The van der Waals surface area contributed by atoms with Gasteiger partial charge in [-0.25, -0.2) is 4.98 Å². The van der Waals surface area contributed by atoms with E-state index in [0.717, 1.165) is 17.3 Å². The van der Waals surface area contributed by atoms with Crippen molar-refractivity contribution in [3.63, 3.8) is 0 Å². The first kappa shape index (κ1) is 12.7. The van der Waals surface area contributed by atoms with Gasteiger partial charge in [0.15, 0.2) is 0 Å². The number of halogens is 1. The Balaban J connectivity index is 2.04. The molecule has 94 valence electrons. The van der Waals surface area contributed by atoms with Gasteiger partial charge in [0.2, 0.25) is 0 Å². The van der Waals surface area contributed by atoms with Crippen molar-refractivity contribution in [3.05, 3.63) is 23.9 Å². The fraction of sp³-hybridized carbons (Fsp3) is 0.643. The topological polar surface area (TPSA) is 16.1 Å². The molecule has 0 N–H and O–H groups in total. The van der Waals surface area contributed by atoms with Gasteiger partial charge in [0, 0.05) is 25.2 Å². The second-order valence-corrected chi connectivity index (χ2v) is 5.46. The van der Waals surface area contributed by atoms with Gasteiger partial charge in [-0.1, -0.05) is 25.8 Å². The van der Waals surface area contributed by atoms with E-state index in [-0.39, 0.29) is 0 Å². The maximum absolute atomic E-state index is 5.77. The van der Waals surface area contributed by atoms with Crippen molar-refractivity contribution in [3.8, 4) is 0 Å². The Labute approximate surface area is 109 Å². The van der Waals surface area contributed by atoms with E-state index in [4.69, 9.17) is 11.6 Å². The molecule has 0 aromatic carbocycles. The van der Waals surface area contributed by atoms with Crippen LogP contribution in [0.25, 0.3) is 0 Å².